The van der Waals surface area contributed by atoms with E-state index in [-0.39, 0.29) is 5.97 Å². The Morgan fingerprint density at radius 3 is 2.35 bits per heavy atom. The molecule has 0 aliphatic rings. The topological polar surface area (TPSA) is 26.3 Å². The van der Waals surface area contributed by atoms with Crippen molar-refractivity contribution in [1.29, 1.82) is 0 Å². The molecule has 2 heteroatoms. The van der Waals surface area contributed by atoms with Gasteiger partial charge in [-0.3, -0.25) is 0 Å². The summed E-state index contributed by atoms with van der Waals surface area (Å²) in [6, 6.07) is 17.5. The zero-order valence-electron chi connectivity index (χ0n) is 12.0. The largest absolute Gasteiger partial charge is 0.462 e. The predicted octanol–water partition coefficient (Wildman–Crippen LogP) is 4.56. The number of rotatable bonds is 5. The van der Waals surface area contributed by atoms with Gasteiger partial charge >= 0.3 is 5.97 Å². The summed E-state index contributed by atoms with van der Waals surface area (Å²) >= 11 is 0. The first-order chi connectivity index (χ1) is 9.68. The highest BCUT2D eigenvalue weighted by Gasteiger charge is 2.13. The Morgan fingerprint density at radius 2 is 1.65 bits per heavy atom. The van der Waals surface area contributed by atoms with E-state index in [0.29, 0.717) is 18.1 Å². The van der Waals surface area contributed by atoms with Gasteiger partial charge in [-0.05, 0) is 29.5 Å². The van der Waals surface area contributed by atoms with Crippen LogP contribution >= 0.6 is 0 Å². The van der Waals surface area contributed by atoms with Crippen molar-refractivity contribution in [3.8, 4) is 11.1 Å². The van der Waals surface area contributed by atoms with E-state index in [1.54, 1.807) is 0 Å². The molecule has 0 atom stereocenters. The number of carbonyl (C=O) groups excluding carboxylic acids is 1. The molecule has 20 heavy (non-hydrogen) atoms. The fourth-order valence-corrected chi connectivity index (χ4v) is 2.00. The second-order valence-electron chi connectivity index (χ2n) is 5.23. The van der Waals surface area contributed by atoms with Crippen LogP contribution in [0, 0.1) is 5.92 Å². The summed E-state index contributed by atoms with van der Waals surface area (Å²) in [5, 5.41) is 0. The lowest BCUT2D eigenvalue weighted by Crippen LogP contribution is -2.09. The van der Waals surface area contributed by atoms with Crippen LogP contribution in [0.5, 0.6) is 0 Å². The van der Waals surface area contributed by atoms with Gasteiger partial charge in [0.1, 0.15) is 0 Å². The summed E-state index contributed by atoms with van der Waals surface area (Å²) in [4.78, 5) is 12.2. The quantitative estimate of drug-likeness (QED) is 0.743. The van der Waals surface area contributed by atoms with Crippen molar-refractivity contribution in [2.24, 2.45) is 5.92 Å². The summed E-state index contributed by atoms with van der Waals surface area (Å²) in [6.07, 6.45) is 0.888. The van der Waals surface area contributed by atoms with E-state index in [1.165, 1.54) is 0 Å². The minimum atomic E-state index is -0.245. The molecule has 0 saturated heterocycles. The van der Waals surface area contributed by atoms with Crippen LogP contribution in [-0.4, -0.2) is 12.6 Å². The molecule has 0 heterocycles. The summed E-state index contributed by atoms with van der Waals surface area (Å²) in [7, 11) is 0. The van der Waals surface area contributed by atoms with E-state index in [1.807, 2.05) is 54.6 Å². The van der Waals surface area contributed by atoms with Gasteiger partial charge in [0.25, 0.3) is 0 Å². The first-order valence-corrected chi connectivity index (χ1v) is 7.00. The van der Waals surface area contributed by atoms with Crippen molar-refractivity contribution in [2.75, 3.05) is 6.61 Å². The molecule has 2 rings (SSSR count). The Labute approximate surface area is 120 Å². The normalized spacial score (nSPS) is 10.6. The maximum absolute atomic E-state index is 12.2. The smallest absolute Gasteiger partial charge is 0.338 e. The molecule has 0 amide bonds. The first-order valence-electron chi connectivity index (χ1n) is 7.00. The molecule has 0 aromatic heterocycles. The van der Waals surface area contributed by atoms with Crippen molar-refractivity contribution < 1.29 is 9.53 Å². The molecule has 0 spiro atoms. The minimum Gasteiger partial charge on any atom is -0.462 e. The standard InChI is InChI=1S/C18H20O2/c1-14(2)12-13-20-18(19)17-11-7-6-10-16(17)15-8-4-3-5-9-15/h3-11,14H,12-13H2,1-2H3. The summed E-state index contributed by atoms with van der Waals surface area (Å²) in [6.45, 7) is 4.71. The van der Waals surface area contributed by atoms with Gasteiger partial charge in [0.15, 0.2) is 0 Å². The van der Waals surface area contributed by atoms with Crippen LogP contribution in [0.15, 0.2) is 54.6 Å². The molecular formula is C18H20O2. The van der Waals surface area contributed by atoms with Crippen LogP contribution in [0.4, 0.5) is 0 Å². The molecule has 0 unspecified atom stereocenters. The van der Waals surface area contributed by atoms with Gasteiger partial charge < -0.3 is 4.74 Å². The van der Waals surface area contributed by atoms with Crippen molar-refractivity contribution in [3.63, 3.8) is 0 Å². The fourth-order valence-electron chi connectivity index (χ4n) is 2.00. The van der Waals surface area contributed by atoms with Gasteiger partial charge in [-0.25, -0.2) is 4.79 Å². The van der Waals surface area contributed by atoms with Gasteiger partial charge in [-0.2, -0.15) is 0 Å². The number of hydrogen-bond acceptors (Lipinski definition) is 2. The van der Waals surface area contributed by atoms with Crippen molar-refractivity contribution in [1.82, 2.24) is 0 Å². The monoisotopic (exact) mass is 268 g/mol. The average molecular weight is 268 g/mol. The van der Waals surface area contributed by atoms with Gasteiger partial charge in [-0.15, -0.1) is 0 Å². The minimum absolute atomic E-state index is 0.245. The van der Waals surface area contributed by atoms with E-state index in [4.69, 9.17) is 4.74 Å². The first kappa shape index (κ1) is 14.3. The predicted molar refractivity (Wildman–Crippen MR) is 81.6 cm³/mol. The van der Waals surface area contributed by atoms with Crippen LogP contribution in [-0.2, 0) is 4.74 Å². The Hall–Kier alpha value is -2.09. The maximum atomic E-state index is 12.2. The molecule has 0 radical (unpaired) electrons. The number of ether oxygens (including phenoxy) is 1. The Balaban J connectivity index is 2.18. The van der Waals surface area contributed by atoms with Gasteiger partial charge in [-0.1, -0.05) is 62.4 Å². The van der Waals surface area contributed by atoms with Crippen LogP contribution < -0.4 is 0 Å². The molecule has 0 fully saturated rings. The van der Waals surface area contributed by atoms with E-state index in [0.717, 1.165) is 17.5 Å². The second-order valence-corrected chi connectivity index (χ2v) is 5.23. The van der Waals surface area contributed by atoms with Gasteiger partial charge in [0.2, 0.25) is 0 Å². The molecule has 0 N–H and O–H groups in total. The van der Waals surface area contributed by atoms with Gasteiger partial charge in [0.05, 0.1) is 12.2 Å². The summed E-state index contributed by atoms with van der Waals surface area (Å²) < 4.78 is 5.36. The molecule has 2 aromatic rings. The molecule has 0 bridgehead atoms. The zero-order valence-corrected chi connectivity index (χ0v) is 12.0. The lowest BCUT2D eigenvalue weighted by molar-refractivity contribution is 0.0489. The highest BCUT2D eigenvalue weighted by molar-refractivity contribution is 5.97. The van der Waals surface area contributed by atoms with Crippen LogP contribution in [0.25, 0.3) is 11.1 Å². The lowest BCUT2D eigenvalue weighted by Gasteiger charge is -2.10. The zero-order chi connectivity index (χ0) is 14.4. The summed E-state index contributed by atoms with van der Waals surface area (Å²) in [5.74, 6) is 0.289. The second kappa shape index (κ2) is 6.90. The molecule has 2 aromatic carbocycles. The summed E-state index contributed by atoms with van der Waals surface area (Å²) in [5.41, 5.74) is 2.58. The Kier molecular flexibility index (Phi) is 4.94. The number of carbonyl (C=O) groups is 1. The van der Waals surface area contributed by atoms with E-state index < -0.39 is 0 Å². The molecule has 104 valence electrons. The lowest BCUT2D eigenvalue weighted by atomic mass is 10.00. The average Bonchev–Trinajstić information content (AvgIpc) is 2.47. The van der Waals surface area contributed by atoms with Crippen molar-refractivity contribution in [3.05, 3.63) is 60.2 Å². The van der Waals surface area contributed by atoms with E-state index >= 15 is 0 Å². The number of benzene rings is 2. The molecule has 2 nitrogen and oxygen atoms in total. The number of hydrogen-bond donors (Lipinski definition) is 0. The van der Waals surface area contributed by atoms with E-state index in [2.05, 4.69) is 13.8 Å². The Morgan fingerprint density at radius 1 is 1.00 bits per heavy atom. The third kappa shape index (κ3) is 3.70. The highest BCUT2D eigenvalue weighted by Crippen LogP contribution is 2.24. The van der Waals surface area contributed by atoms with Crippen LogP contribution in [0.3, 0.4) is 0 Å². The van der Waals surface area contributed by atoms with Crippen LogP contribution in [0.1, 0.15) is 30.6 Å². The fraction of sp³-hybridized carbons (Fsp3) is 0.278. The molecule has 0 aliphatic heterocycles. The molecule has 0 saturated carbocycles. The third-order valence-corrected chi connectivity index (χ3v) is 3.16. The van der Waals surface area contributed by atoms with E-state index in [9.17, 15) is 4.79 Å². The number of esters is 1. The molecule has 0 aliphatic carbocycles. The SMILES string of the molecule is CC(C)CCOC(=O)c1ccccc1-c1ccccc1. The van der Waals surface area contributed by atoms with Crippen LogP contribution in [0.2, 0.25) is 0 Å². The highest BCUT2D eigenvalue weighted by atomic mass is 16.5. The maximum Gasteiger partial charge on any atom is 0.338 e. The molecular weight excluding hydrogens is 248 g/mol. The van der Waals surface area contributed by atoms with Crippen molar-refractivity contribution >= 4 is 5.97 Å². The van der Waals surface area contributed by atoms with Gasteiger partial charge in [0, 0.05) is 0 Å². The Bertz CT molecular complexity index is 559. The van der Waals surface area contributed by atoms with Crippen molar-refractivity contribution in [2.45, 2.75) is 20.3 Å². The third-order valence-electron chi connectivity index (χ3n) is 3.16.